The molecule has 1 aliphatic carbocycles. The molecule has 122 valence electrons. The second kappa shape index (κ2) is 6.78. The first-order chi connectivity index (χ1) is 11.2. The van der Waals surface area contributed by atoms with Gasteiger partial charge in [0.15, 0.2) is 0 Å². The molecule has 2 aromatic rings. The van der Waals surface area contributed by atoms with Crippen molar-refractivity contribution in [3.63, 3.8) is 0 Å². The summed E-state index contributed by atoms with van der Waals surface area (Å²) in [5.74, 6) is -0.361. The number of aromatic amines is 1. The van der Waals surface area contributed by atoms with Crippen LogP contribution in [0.25, 0.3) is 0 Å². The molecule has 3 rings (SSSR count). The number of carbonyl (C=O) groups excluding carboxylic acids is 1. The van der Waals surface area contributed by atoms with E-state index in [2.05, 4.69) is 15.3 Å². The van der Waals surface area contributed by atoms with Crippen LogP contribution in [0.2, 0.25) is 0 Å². The molecule has 0 fully saturated rings. The number of aromatic nitrogens is 3. The number of nitrogens with one attached hydrogen (secondary N) is 2. The Morgan fingerprint density at radius 1 is 1.48 bits per heavy atom. The fourth-order valence-corrected chi connectivity index (χ4v) is 2.83. The van der Waals surface area contributed by atoms with Gasteiger partial charge in [-0.2, -0.15) is 0 Å². The lowest BCUT2D eigenvalue weighted by atomic mass is 10.1. The smallest absolute Gasteiger partial charge is 0.261 e. The predicted octanol–water partition coefficient (Wildman–Crippen LogP) is 0.636. The number of rotatable bonds is 6. The van der Waals surface area contributed by atoms with Crippen molar-refractivity contribution in [1.29, 1.82) is 0 Å². The van der Waals surface area contributed by atoms with Gasteiger partial charge < -0.3 is 19.6 Å². The molecule has 0 radical (unpaired) electrons. The Morgan fingerprint density at radius 3 is 3.17 bits per heavy atom. The number of nitrogens with zero attached hydrogens (tertiary/aromatic N) is 2. The van der Waals surface area contributed by atoms with Gasteiger partial charge in [0.2, 0.25) is 0 Å². The SMILES string of the molecule is COCCn1cncc1CNC(=O)c1cc2c([nH]c1=O)CCC2. The summed E-state index contributed by atoms with van der Waals surface area (Å²) < 4.78 is 6.96. The number of hydrogen-bond donors (Lipinski definition) is 2. The molecule has 0 spiro atoms. The summed E-state index contributed by atoms with van der Waals surface area (Å²) >= 11 is 0. The molecule has 7 heteroatoms. The van der Waals surface area contributed by atoms with Crippen molar-refractivity contribution >= 4 is 5.91 Å². The van der Waals surface area contributed by atoms with Crippen molar-refractivity contribution in [3.05, 3.63) is 51.5 Å². The first-order valence-corrected chi connectivity index (χ1v) is 7.70. The van der Waals surface area contributed by atoms with Crippen LogP contribution in [-0.4, -0.2) is 34.2 Å². The zero-order valence-corrected chi connectivity index (χ0v) is 13.1. The minimum Gasteiger partial charge on any atom is -0.383 e. The lowest BCUT2D eigenvalue weighted by molar-refractivity contribution is 0.0948. The number of hydrogen-bond acceptors (Lipinski definition) is 4. The first-order valence-electron chi connectivity index (χ1n) is 7.70. The minimum atomic E-state index is -0.361. The standard InChI is InChI=1S/C16H20N4O3/c1-23-6-5-20-10-17-8-12(20)9-18-15(21)13-7-11-3-2-4-14(11)19-16(13)22/h7-8,10H,2-6,9H2,1H3,(H,18,21)(H,19,22). The molecule has 1 aliphatic rings. The summed E-state index contributed by atoms with van der Waals surface area (Å²) in [7, 11) is 1.64. The molecule has 0 saturated carbocycles. The second-order valence-corrected chi connectivity index (χ2v) is 5.62. The maximum atomic E-state index is 12.3. The van der Waals surface area contributed by atoms with Gasteiger partial charge in [-0.15, -0.1) is 0 Å². The summed E-state index contributed by atoms with van der Waals surface area (Å²) in [5.41, 5.74) is 2.75. The van der Waals surface area contributed by atoms with Crippen molar-refractivity contribution < 1.29 is 9.53 Å². The van der Waals surface area contributed by atoms with Crippen LogP contribution >= 0.6 is 0 Å². The summed E-state index contributed by atoms with van der Waals surface area (Å²) in [4.78, 5) is 31.2. The van der Waals surface area contributed by atoms with Gasteiger partial charge in [0, 0.05) is 25.5 Å². The quantitative estimate of drug-likeness (QED) is 0.818. The van der Waals surface area contributed by atoms with E-state index in [0.717, 1.165) is 36.2 Å². The topological polar surface area (TPSA) is 89.0 Å². The number of pyridine rings is 1. The number of imidazole rings is 1. The molecule has 23 heavy (non-hydrogen) atoms. The number of amides is 1. The molecule has 2 aromatic heterocycles. The van der Waals surface area contributed by atoms with E-state index < -0.39 is 0 Å². The molecule has 0 aliphatic heterocycles. The van der Waals surface area contributed by atoms with Crippen LogP contribution in [0.1, 0.15) is 33.7 Å². The number of methoxy groups -OCH3 is 1. The molecule has 0 saturated heterocycles. The van der Waals surface area contributed by atoms with E-state index in [-0.39, 0.29) is 17.0 Å². The molecule has 0 aromatic carbocycles. The summed E-state index contributed by atoms with van der Waals surface area (Å²) in [6.45, 7) is 1.56. The second-order valence-electron chi connectivity index (χ2n) is 5.62. The Bertz CT molecular complexity index is 763. The molecular weight excluding hydrogens is 296 g/mol. The fourth-order valence-electron chi connectivity index (χ4n) is 2.83. The van der Waals surface area contributed by atoms with Gasteiger partial charge in [0.1, 0.15) is 5.56 Å². The maximum absolute atomic E-state index is 12.3. The molecule has 1 amide bonds. The van der Waals surface area contributed by atoms with Crippen LogP contribution in [0.5, 0.6) is 0 Å². The van der Waals surface area contributed by atoms with Crippen molar-refractivity contribution in [2.24, 2.45) is 0 Å². The highest BCUT2D eigenvalue weighted by Crippen LogP contribution is 2.18. The lowest BCUT2D eigenvalue weighted by Crippen LogP contribution is -2.30. The zero-order valence-electron chi connectivity index (χ0n) is 13.1. The average Bonchev–Trinajstić information content (AvgIpc) is 3.18. The third kappa shape index (κ3) is 3.34. The normalized spacial score (nSPS) is 13.1. The maximum Gasteiger partial charge on any atom is 0.261 e. The minimum absolute atomic E-state index is 0.175. The van der Waals surface area contributed by atoms with E-state index in [1.165, 1.54) is 0 Å². The van der Waals surface area contributed by atoms with E-state index in [1.807, 2.05) is 4.57 Å². The first kappa shape index (κ1) is 15.5. The molecular formula is C16H20N4O3. The Balaban J connectivity index is 1.68. The molecule has 0 bridgehead atoms. The van der Waals surface area contributed by atoms with Crippen LogP contribution < -0.4 is 10.9 Å². The third-order valence-electron chi connectivity index (χ3n) is 4.10. The molecule has 0 atom stereocenters. The van der Waals surface area contributed by atoms with Crippen molar-refractivity contribution in [2.75, 3.05) is 13.7 Å². The molecule has 7 nitrogen and oxygen atoms in total. The average molecular weight is 316 g/mol. The summed E-state index contributed by atoms with van der Waals surface area (Å²) in [6.07, 6.45) is 6.21. The molecule has 0 unspecified atom stereocenters. The molecule has 2 heterocycles. The lowest BCUT2D eigenvalue weighted by Gasteiger charge is -2.09. The van der Waals surface area contributed by atoms with Crippen LogP contribution in [0.4, 0.5) is 0 Å². The van der Waals surface area contributed by atoms with E-state index in [4.69, 9.17) is 4.74 Å². The predicted molar refractivity (Wildman–Crippen MR) is 84.4 cm³/mol. The Hall–Kier alpha value is -2.41. The number of ether oxygens (including phenoxy) is 1. The van der Waals surface area contributed by atoms with Gasteiger partial charge >= 0.3 is 0 Å². The zero-order chi connectivity index (χ0) is 16.2. The monoisotopic (exact) mass is 316 g/mol. The van der Waals surface area contributed by atoms with E-state index in [1.54, 1.807) is 25.7 Å². The number of carbonyl (C=O) groups is 1. The van der Waals surface area contributed by atoms with Crippen molar-refractivity contribution in [1.82, 2.24) is 19.9 Å². The van der Waals surface area contributed by atoms with E-state index in [9.17, 15) is 9.59 Å². The van der Waals surface area contributed by atoms with Gasteiger partial charge in [0.05, 0.1) is 25.2 Å². The van der Waals surface area contributed by atoms with Crippen LogP contribution in [-0.2, 0) is 30.7 Å². The van der Waals surface area contributed by atoms with Gasteiger partial charge in [-0.3, -0.25) is 9.59 Å². The Morgan fingerprint density at radius 2 is 2.35 bits per heavy atom. The highest BCUT2D eigenvalue weighted by atomic mass is 16.5. The van der Waals surface area contributed by atoms with Crippen LogP contribution in [0, 0.1) is 0 Å². The van der Waals surface area contributed by atoms with Crippen LogP contribution in [0.15, 0.2) is 23.4 Å². The number of aryl methyl sites for hydroxylation is 2. The largest absolute Gasteiger partial charge is 0.383 e. The van der Waals surface area contributed by atoms with Gasteiger partial charge in [-0.1, -0.05) is 0 Å². The van der Waals surface area contributed by atoms with Gasteiger partial charge in [0.25, 0.3) is 11.5 Å². The van der Waals surface area contributed by atoms with Gasteiger partial charge in [-0.25, -0.2) is 4.98 Å². The van der Waals surface area contributed by atoms with Gasteiger partial charge in [-0.05, 0) is 30.9 Å². The highest BCUT2D eigenvalue weighted by Gasteiger charge is 2.18. The highest BCUT2D eigenvalue weighted by molar-refractivity contribution is 5.94. The Labute approximate surface area is 133 Å². The summed E-state index contributed by atoms with van der Waals surface area (Å²) in [5, 5.41) is 2.79. The van der Waals surface area contributed by atoms with Crippen molar-refractivity contribution in [3.8, 4) is 0 Å². The summed E-state index contributed by atoms with van der Waals surface area (Å²) in [6, 6.07) is 1.72. The fraction of sp³-hybridized carbons (Fsp3) is 0.438. The van der Waals surface area contributed by atoms with Crippen molar-refractivity contribution in [2.45, 2.75) is 32.4 Å². The van der Waals surface area contributed by atoms with E-state index in [0.29, 0.717) is 19.7 Å². The molecule has 2 N–H and O–H groups in total. The third-order valence-corrected chi connectivity index (χ3v) is 4.10. The number of H-pyrrole nitrogens is 1. The number of fused-ring (bicyclic) bond motifs is 1. The Kier molecular flexibility index (Phi) is 4.57. The van der Waals surface area contributed by atoms with E-state index >= 15 is 0 Å². The van der Waals surface area contributed by atoms with Crippen LogP contribution in [0.3, 0.4) is 0 Å².